The lowest BCUT2D eigenvalue weighted by molar-refractivity contribution is 0.663. The van der Waals surface area contributed by atoms with Crippen LogP contribution >= 0.6 is 0 Å². The summed E-state index contributed by atoms with van der Waals surface area (Å²) in [6.45, 7) is 2.13. The number of hydrogen-bond acceptors (Lipinski definition) is 2. The first kappa shape index (κ1) is 14.6. The van der Waals surface area contributed by atoms with E-state index in [2.05, 4.69) is 60.0 Å². The van der Waals surface area contributed by atoms with Crippen LogP contribution in [-0.2, 0) is 0 Å². The normalized spacial score (nSPS) is 11.9. The van der Waals surface area contributed by atoms with E-state index in [0.29, 0.717) is 0 Å². The van der Waals surface area contributed by atoms with E-state index in [1.165, 1.54) is 16.3 Å². The van der Waals surface area contributed by atoms with E-state index in [9.17, 15) is 0 Å². The van der Waals surface area contributed by atoms with E-state index in [0.717, 1.165) is 38.8 Å². The first-order valence-corrected chi connectivity index (χ1v) is 9.08. The van der Waals surface area contributed by atoms with Crippen molar-refractivity contribution in [3.8, 4) is 5.82 Å². The fourth-order valence-electron chi connectivity index (χ4n) is 4.11. The molecule has 0 aliphatic rings. The molecular formula is C24H16N2O. The van der Waals surface area contributed by atoms with Crippen LogP contribution in [0.5, 0.6) is 0 Å². The molecule has 0 atom stereocenters. The van der Waals surface area contributed by atoms with Crippen LogP contribution in [0.15, 0.2) is 83.4 Å². The summed E-state index contributed by atoms with van der Waals surface area (Å²) >= 11 is 0. The minimum atomic E-state index is 0.821. The third-order valence-electron chi connectivity index (χ3n) is 5.31. The quantitative estimate of drug-likeness (QED) is 0.345. The zero-order chi connectivity index (χ0) is 18.0. The van der Waals surface area contributed by atoms with Crippen LogP contribution in [0, 0.1) is 6.92 Å². The molecule has 128 valence electrons. The lowest BCUT2D eigenvalue weighted by atomic mass is 10.1. The van der Waals surface area contributed by atoms with E-state index in [1.54, 1.807) is 0 Å². The third-order valence-corrected chi connectivity index (χ3v) is 5.31. The smallest absolute Gasteiger partial charge is 0.181 e. The van der Waals surface area contributed by atoms with Gasteiger partial charge < -0.3 is 4.42 Å². The fourth-order valence-corrected chi connectivity index (χ4v) is 4.11. The zero-order valence-electron chi connectivity index (χ0n) is 14.8. The van der Waals surface area contributed by atoms with Crippen molar-refractivity contribution in [1.29, 1.82) is 0 Å². The van der Waals surface area contributed by atoms with Gasteiger partial charge in [-0.05, 0) is 37.3 Å². The van der Waals surface area contributed by atoms with E-state index in [-0.39, 0.29) is 0 Å². The third kappa shape index (κ3) is 1.94. The van der Waals surface area contributed by atoms with Gasteiger partial charge in [-0.3, -0.25) is 4.57 Å². The Morgan fingerprint density at radius 2 is 1.52 bits per heavy atom. The van der Waals surface area contributed by atoms with Gasteiger partial charge in [0.25, 0.3) is 0 Å². The predicted molar refractivity (Wildman–Crippen MR) is 111 cm³/mol. The molecule has 6 aromatic rings. The molecule has 3 aromatic heterocycles. The Kier molecular flexibility index (Phi) is 2.81. The topological polar surface area (TPSA) is 31.0 Å². The molecule has 0 unspecified atom stereocenters. The van der Waals surface area contributed by atoms with Crippen LogP contribution in [0.3, 0.4) is 0 Å². The molecule has 3 nitrogen and oxygen atoms in total. The van der Waals surface area contributed by atoms with Gasteiger partial charge in [0.2, 0.25) is 0 Å². The second-order valence-electron chi connectivity index (χ2n) is 6.98. The number of aryl methyl sites for hydroxylation is 1. The van der Waals surface area contributed by atoms with Gasteiger partial charge in [-0.1, -0.05) is 48.0 Å². The van der Waals surface area contributed by atoms with Crippen LogP contribution in [0.1, 0.15) is 5.56 Å². The molecule has 0 spiro atoms. The van der Waals surface area contributed by atoms with Gasteiger partial charge in [-0.25, -0.2) is 4.98 Å². The predicted octanol–water partition coefficient (Wildman–Crippen LogP) is 6.39. The zero-order valence-corrected chi connectivity index (χ0v) is 14.8. The van der Waals surface area contributed by atoms with Gasteiger partial charge in [0.05, 0.1) is 11.0 Å². The van der Waals surface area contributed by atoms with Crippen LogP contribution in [0.25, 0.3) is 49.6 Å². The molecular weight excluding hydrogens is 332 g/mol. The van der Waals surface area contributed by atoms with Gasteiger partial charge in [0.1, 0.15) is 5.58 Å². The minimum absolute atomic E-state index is 0.821. The number of benzene rings is 3. The van der Waals surface area contributed by atoms with Crippen LogP contribution < -0.4 is 0 Å². The summed E-state index contributed by atoms with van der Waals surface area (Å²) in [6.07, 6.45) is 1.87. The Bertz CT molecular complexity index is 1490. The molecule has 0 amide bonds. The monoisotopic (exact) mass is 348 g/mol. The highest BCUT2D eigenvalue weighted by atomic mass is 16.3. The molecule has 0 bridgehead atoms. The number of furan rings is 1. The Morgan fingerprint density at radius 3 is 2.44 bits per heavy atom. The average molecular weight is 348 g/mol. The van der Waals surface area contributed by atoms with E-state index in [1.807, 2.05) is 30.5 Å². The van der Waals surface area contributed by atoms with Crippen molar-refractivity contribution in [2.45, 2.75) is 6.92 Å². The van der Waals surface area contributed by atoms with Crippen molar-refractivity contribution in [3.05, 3.63) is 84.6 Å². The lowest BCUT2D eigenvalue weighted by Crippen LogP contribution is -1.97. The number of fused-ring (bicyclic) bond motifs is 6. The molecule has 6 rings (SSSR count). The highest BCUT2D eigenvalue weighted by Crippen LogP contribution is 2.36. The highest BCUT2D eigenvalue weighted by Gasteiger charge is 2.18. The molecule has 3 heterocycles. The van der Waals surface area contributed by atoms with Crippen LogP contribution in [0.2, 0.25) is 0 Å². The van der Waals surface area contributed by atoms with Crippen molar-refractivity contribution in [2.75, 3.05) is 0 Å². The maximum atomic E-state index is 6.25. The summed E-state index contributed by atoms with van der Waals surface area (Å²) in [6, 6.07) is 25.2. The molecule has 0 N–H and O–H groups in total. The average Bonchev–Trinajstić information content (AvgIpc) is 3.24. The summed E-state index contributed by atoms with van der Waals surface area (Å²) in [5.41, 5.74) is 5.24. The SMILES string of the molecule is Cc1ccc2c(c1)c1ccccc1n2-c1nccc2c1oc1ccccc12. The summed E-state index contributed by atoms with van der Waals surface area (Å²) in [4.78, 5) is 4.74. The van der Waals surface area contributed by atoms with Gasteiger partial charge in [0, 0.05) is 27.7 Å². The van der Waals surface area contributed by atoms with Crippen molar-refractivity contribution < 1.29 is 4.42 Å². The standard InChI is InChI=1S/C24H16N2O/c1-15-10-11-21-19(14-15)16-6-2-4-8-20(16)26(21)24-23-18(12-13-25-24)17-7-3-5-9-22(17)27-23/h2-14H,1H3. The number of rotatable bonds is 1. The molecule has 3 heteroatoms. The van der Waals surface area contributed by atoms with Crippen molar-refractivity contribution >= 4 is 43.7 Å². The number of pyridine rings is 1. The van der Waals surface area contributed by atoms with Gasteiger partial charge >= 0.3 is 0 Å². The van der Waals surface area contributed by atoms with Gasteiger partial charge in [-0.2, -0.15) is 0 Å². The Balaban J connectivity index is 1.83. The Morgan fingerprint density at radius 1 is 0.741 bits per heavy atom. The molecule has 0 saturated carbocycles. The van der Waals surface area contributed by atoms with Gasteiger partial charge in [0.15, 0.2) is 11.4 Å². The van der Waals surface area contributed by atoms with Crippen molar-refractivity contribution in [2.24, 2.45) is 0 Å². The minimum Gasteiger partial charge on any atom is -0.452 e. The maximum Gasteiger partial charge on any atom is 0.181 e. The Labute approximate surface area is 155 Å². The summed E-state index contributed by atoms with van der Waals surface area (Å²) in [7, 11) is 0. The molecule has 0 fully saturated rings. The number of nitrogens with zero attached hydrogens (tertiary/aromatic N) is 2. The Hall–Kier alpha value is -3.59. The number of para-hydroxylation sites is 2. The molecule has 27 heavy (non-hydrogen) atoms. The van der Waals surface area contributed by atoms with E-state index < -0.39 is 0 Å². The lowest BCUT2D eigenvalue weighted by Gasteiger charge is -2.07. The summed E-state index contributed by atoms with van der Waals surface area (Å²) in [5, 5.41) is 4.67. The second-order valence-corrected chi connectivity index (χ2v) is 6.98. The van der Waals surface area contributed by atoms with Crippen LogP contribution in [-0.4, -0.2) is 9.55 Å². The number of aromatic nitrogens is 2. The molecule has 0 radical (unpaired) electrons. The second kappa shape index (κ2) is 5.21. The van der Waals surface area contributed by atoms with Crippen LogP contribution in [0.4, 0.5) is 0 Å². The first-order chi connectivity index (χ1) is 13.3. The van der Waals surface area contributed by atoms with Crippen molar-refractivity contribution in [3.63, 3.8) is 0 Å². The summed E-state index contributed by atoms with van der Waals surface area (Å²) < 4.78 is 8.46. The van der Waals surface area contributed by atoms with E-state index >= 15 is 0 Å². The molecule has 0 saturated heterocycles. The molecule has 0 aliphatic heterocycles. The number of hydrogen-bond donors (Lipinski definition) is 0. The highest BCUT2D eigenvalue weighted by molar-refractivity contribution is 6.12. The van der Waals surface area contributed by atoms with Crippen molar-refractivity contribution in [1.82, 2.24) is 9.55 Å². The molecule has 3 aromatic carbocycles. The van der Waals surface area contributed by atoms with E-state index in [4.69, 9.17) is 9.40 Å². The molecule has 0 aliphatic carbocycles. The largest absolute Gasteiger partial charge is 0.452 e. The van der Waals surface area contributed by atoms with Gasteiger partial charge in [-0.15, -0.1) is 0 Å². The fraction of sp³-hybridized carbons (Fsp3) is 0.0417. The summed E-state index contributed by atoms with van der Waals surface area (Å²) in [5.74, 6) is 0.832. The first-order valence-electron chi connectivity index (χ1n) is 9.08. The maximum absolute atomic E-state index is 6.25.